The number of aliphatic hydroxyl groups is 1. The molecule has 1 aliphatic heterocycles. The van der Waals surface area contributed by atoms with Crippen molar-refractivity contribution in [3.63, 3.8) is 0 Å². The molecule has 8 nitrogen and oxygen atoms in total. The van der Waals surface area contributed by atoms with Crippen LogP contribution in [-0.2, 0) is 9.59 Å². The molecular weight excluding hydrogens is 362 g/mol. The first-order chi connectivity index (χ1) is 13.2. The minimum atomic E-state index is -0.466. The lowest BCUT2D eigenvalue weighted by Crippen LogP contribution is -2.42. The van der Waals surface area contributed by atoms with Crippen molar-refractivity contribution in [2.24, 2.45) is 11.8 Å². The molecule has 2 N–H and O–H groups in total. The van der Waals surface area contributed by atoms with E-state index in [1.807, 2.05) is 26.0 Å². The predicted molar refractivity (Wildman–Crippen MR) is 104 cm³/mol. The van der Waals surface area contributed by atoms with Gasteiger partial charge in [-0.3, -0.25) is 19.5 Å². The molecule has 1 saturated heterocycles. The maximum absolute atomic E-state index is 11.9. The summed E-state index contributed by atoms with van der Waals surface area (Å²) < 4.78 is 6.11. The second-order valence-electron chi connectivity index (χ2n) is 7.84. The SMILES string of the molecule is Cc1ccc(O[C@@H]2C[C@@H]3CN(CC(=O)N(C)C)C[C@@H]3C[C@H]2O)c(C)n1.O=CO. The number of aliphatic hydroxyl groups excluding tert-OH is 1. The van der Waals surface area contributed by atoms with E-state index in [2.05, 4.69) is 9.88 Å². The van der Waals surface area contributed by atoms with E-state index in [1.54, 1.807) is 19.0 Å². The minimum Gasteiger partial charge on any atom is -0.486 e. The molecule has 8 heteroatoms. The molecule has 156 valence electrons. The highest BCUT2D eigenvalue weighted by atomic mass is 16.5. The van der Waals surface area contributed by atoms with Gasteiger partial charge in [-0.2, -0.15) is 0 Å². The molecule has 1 amide bonds. The molecule has 4 atom stereocenters. The van der Waals surface area contributed by atoms with Gasteiger partial charge in [0, 0.05) is 32.9 Å². The molecule has 3 rings (SSSR count). The molecule has 0 spiro atoms. The van der Waals surface area contributed by atoms with Gasteiger partial charge in [-0.1, -0.05) is 0 Å². The second-order valence-corrected chi connectivity index (χ2v) is 7.84. The highest BCUT2D eigenvalue weighted by Crippen LogP contribution is 2.38. The number of nitrogens with zero attached hydrogens (tertiary/aromatic N) is 3. The first kappa shape index (κ1) is 22.1. The van der Waals surface area contributed by atoms with Crippen LogP contribution in [0.3, 0.4) is 0 Å². The summed E-state index contributed by atoms with van der Waals surface area (Å²) in [6.45, 7) is 5.90. The number of hydrogen-bond donors (Lipinski definition) is 2. The van der Waals surface area contributed by atoms with Gasteiger partial charge in [-0.05, 0) is 50.7 Å². The Morgan fingerprint density at radius 3 is 2.46 bits per heavy atom. The van der Waals surface area contributed by atoms with E-state index < -0.39 is 6.10 Å². The molecule has 0 unspecified atom stereocenters. The Labute approximate surface area is 166 Å². The van der Waals surface area contributed by atoms with Crippen molar-refractivity contribution < 1.29 is 24.5 Å². The number of aromatic nitrogens is 1. The van der Waals surface area contributed by atoms with Gasteiger partial charge in [0.1, 0.15) is 11.9 Å². The number of carbonyl (C=O) groups is 2. The van der Waals surface area contributed by atoms with Crippen LogP contribution in [0.2, 0.25) is 0 Å². The number of fused-ring (bicyclic) bond motifs is 1. The fourth-order valence-corrected chi connectivity index (χ4v) is 4.04. The van der Waals surface area contributed by atoms with Gasteiger partial charge in [0.25, 0.3) is 6.47 Å². The fourth-order valence-electron chi connectivity index (χ4n) is 4.04. The smallest absolute Gasteiger partial charge is 0.290 e. The Bertz CT molecular complexity index is 682. The van der Waals surface area contributed by atoms with Crippen LogP contribution in [0, 0.1) is 25.7 Å². The van der Waals surface area contributed by atoms with Crippen LogP contribution >= 0.6 is 0 Å². The molecule has 2 aliphatic rings. The quantitative estimate of drug-likeness (QED) is 0.734. The van der Waals surface area contributed by atoms with Crippen LogP contribution in [0.5, 0.6) is 5.75 Å². The summed E-state index contributed by atoms with van der Waals surface area (Å²) in [5, 5.41) is 17.4. The Balaban J connectivity index is 0.000000878. The van der Waals surface area contributed by atoms with Gasteiger partial charge < -0.3 is 19.8 Å². The lowest BCUT2D eigenvalue weighted by Gasteiger charge is -2.35. The van der Waals surface area contributed by atoms with Gasteiger partial charge >= 0.3 is 0 Å². The van der Waals surface area contributed by atoms with Crippen molar-refractivity contribution in [1.29, 1.82) is 0 Å². The maximum atomic E-state index is 11.9. The topological polar surface area (TPSA) is 103 Å². The van der Waals surface area contributed by atoms with Gasteiger partial charge in [-0.15, -0.1) is 0 Å². The minimum absolute atomic E-state index is 0.133. The average molecular weight is 393 g/mol. The van der Waals surface area contributed by atoms with E-state index in [0.29, 0.717) is 18.4 Å². The second kappa shape index (κ2) is 9.84. The number of carboxylic acid groups (broad SMARTS) is 1. The molecular formula is C20H31N3O5. The molecule has 2 heterocycles. The zero-order valence-corrected chi connectivity index (χ0v) is 17.0. The lowest BCUT2D eigenvalue weighted by atomic mass is 9.78. The highest BCUT2D eigenvalue weighted by Gasteiger charge is 2.43. The first-order valence-corrected chi connectivity index (χ1v) is 9.54. The van der Waals surface area contributed by atoms with Crippen molar-refractivity contribution in [3.8, 4) is 5.75 Å². The molecule has 1 saturated carbocycles. The molecule has 0 radical (unpaired) electrons. The predicted octanol–water partition coefficient (Wildman–Crippen LogP) is 0.938. The van der Waals surface area contributed by atoms with E-state index in [9.17, 15) is 9.90 Å². The number of pyridine rings is 1. The Morgan fingerprint density at radius 1 is 1.29 bits per heavy atom. The van der Waals surface area contributed by atoms with Crippen LogP contribution < -0.4 is 4.74 Å². The van der Waals surface area contributed by atoms with Crippen LogP contribution in [0.25, 0.3) is 0 Å². The third-order valence-corrected chi connectivity index (χ3v) is 5.47. The fraction of sp³-hybridized carbons (Fsp3) is 0.650. The van der Waals surface area contributed by atoms with Crippen molar-refractivity contribution in [2.45, 2.75) is 38.9 Å². The maximum Gasteiger partial charge on any atom is 0.290 e. The van der Waals surface area contributed by atoms with E-state index in [0.717, 1.165) is 43.1 Å². The summed E-state index contributed by atoms with van der Waals surface area (Å²) in [5.74, 6) is 1.81. The van der Waals surface area contributed by atoms with Gasteiger partial charge in [0.15, 0.2) is 0 Å². The number of aryl methyl sites for hydroxylation is 2. The van der Waals surface area contributed by atoms with Crippen molar-refractivity contribution >= 4 is 12.4 Å². The number of likely N-dealkylation sites (N-methyl/N-ethyl adjacent to an activating group) is 1. The monoisotopic (exact) mass is 393 g/mol. The third-order valence-electron chi connectivity index (χ3n) is 5.47. The largest absolute Gasteiger partial charge is 0.486 e. The van der Waals surface area contributed by atoms with E-state index >= 15 is 0 Å². The van der Waals surface area contributed by atoms with Gasteiger partial charge in [0.2, 0.25) is 5.91 Å². The number of rotatable bonds is 4. The molecule has 0 bridgehead atoms. The van der Waals surface area contributed by atoms with Crippen molar-refractivity contribution in [1.82, 2.24) is 14.8 Å². The summed E-state index contributed by atoms with van der Waals surface area (Å²) in [7, 11) is 3.58. The number of amides is 1. The molecule has 1 aliphatic carbocycles. The number of carbonyl (C=O) groups excluding carboxylic acids is 1. The van der Waals surface area contributed by atoms with E-state index in [-0.39, 0.29) is 18.5 Å². The number of likely N-dealkylation sites (tertiary alicyclic amines) is 1. The normalized spacial score (nSPS) is 26.6. The molecule has 0 aromatic carbocycles. The average Bonchev–Trinajstić information content (AvgIpc) is 2.99. The Morgan fingerprint density at radius 2 is 1.89 bits per heavy atom. The van der Waals surface area contributed by atoms with Crippen LogP contribution in [0.4, 0.5) is 0 Å². The van der Waals surface area contributed by atoms with Crippen LogP contribution in [0.1, 0.15) is 24.2 Å². The summed E-state index contributed by atoms with van der Waals surface area (Å²) in [6, 6.07) is 3.87. The van der Waals surface area contributed by atoms with E-state index in [1.165, 1.54) is 0 Å². The molecule has 1 aromatic rings. The van der Waals surface area contributed by atoms with Crippen molar-refractivity contribution in [3.05, 3.63) is 23.5 Å². The highest BCUT2D eigenvalue weighted by molar-refractivity contribution is 5.77. The zero-order chi connectivity index (χ0) is 20.8. The molecule has 2 fully saturated rings. The van der Waals surface area contributed by atoms with Crippen molar-refractivity contribution in [2.75, 3.05) is 33.7 Å². The lowest BCUT2D eigenvalue weighted by molar-refractivity contribution is -0.129. The molecule has 28 heavy (non-hydrogen) atoms. The Kier molecular flexibility index (Phi) is 7.77. The van der Waals surface area contributed by atoms with Gasteiger partial charge in [-0.25, -0.2) is 0 Å². The Hall–Kier alpha value is -2.19. The standard InChI is InChI=1S/C19H29N3O3.CH2O2/c1-12-5-6-17(13(2)20-12)25-18-8-15-10-22(11-19(24)21(3)4)9-14(15)7-16(18)23;2-1-3/h5-6,14-16,18,23H,7-11H2,1-4H3;1H,(H,2,3)/t14-,15+,16+,18+;/m0./s1. The summed E-state index contributed by atoms with van der Waals surface area (Å²) in [6.07, 6.45) is 0.895. The van der Waals surface area contributed by atoms with E-state index in [4.69, 9.17) is 14.6 Å². The first-order valence-electron chi connectivity index (χ1n) is 9.54. The van der Waals surface area contributed by atoms with Crippen LogP contribution in [0.15, 0.2) is 12.1 Å². The molecule has 1 aromatic heterocycles. The summed E-state index contributed by atoms with van der Waals surface area (Å²) >= 11 is 0. The van der Waals surface area contributed by atoms with Crippen LogP contribution in [-0.4, -0.2) is 83.3 Å². The summed E-state index contributed by atoms with van der Waals surface area (Å²) in [4.78, 5) is 28.6. The zero-order valence-electron chi connectivity index (χ0n) is 17.0. The number of hydrogen-bond acceptors (Lipinski definition) is 6. The number of ether oxygens (including phenoxy) is 1. The summed E-state index contributed by atoms with van der Waals surface area (Å²) in [5.41, 5.74) is 1.82. The third kappa shape index (κ3) is 5.65. The van der Waals surface area contributed by atoms with Gasteiger partial charge in [0.05, 0.1) is 18.3 Å².